The van der Waals surface area contributed by atoms with Gasteiger partial charge in [-0.2, -0.15) is 0 Å². The first kappa shape index (κ1) is 16.3. The Balaban J connectivity index is 0.000000956. The fourth-order valence-electron chi connectivity index (χ4n) is 1.61. The average molecular weight is 294 g/mol. The Morgan fingerprint density at radius 1 is 1.25 bits per heavy atom. The van der Waals surface area contributed by atoms with E-state index in [1.165, 1.54) is 23.5 Å². The van der Waals surface area contributed by atoms with Crippen LogP contribution in [0.5, 0.6) is 0 Å². The van der Waals surface area contributed by atoms with E-state index in [-0.39, 0.29) is 11.7 Å². The van der Waals surface area contributed by atoms with Gasteiger partial charge in [0, 0.05) is 6.54 Å². The van der Waals surface area contributed by atoms with Crippen molar-refractivity contribution < 1.29 is 9.18 Å². The summed E-state index contributed by atoms with van der Waals surface area (Å²) in [6.45, 7) is 8.07. The second-order valence-electron chi connectivity index (χ2n) is 3.96. The van der Waals surface area contributed by atoms with Crippen molar-refractivity contribution >= 4 is 17.2 Å². The highest BCUT2D eigenvalue weighted by atomic mass is 32.1. The highest BCUT2D eigenvalue weighted by Gasteiger charge is 2.13. The minimum absolute atomic E-state index is 0.137. The molecule has 0 spiro atoms. The van der Waals surface area contributed by atoms with E-state index in [9.17, 15) is 9.18 Å². The molecule has 0 saturated carbocycles. The smallest absolute Gasteiger partial charge is 0.263 e. The third-order valence-corrected chi connectivity index (χ3v) is 3.55. The first-order chi connectivity index (χ1) is 9.56. The van der Waals surface area contributed by atoms with Gasteiger partial charge in [-0.3, -0.25) is 4.79 Å². The summed E-state index contributed by atoms with van der Waals surface area (Å²) in [6.07, 6.45) is 0. The van der Waals surface area contributed by atoms with Gasteiger partial charge in [-0.15, -0.1) is 11.3 Å². The number of aromatic nitrogens is 1. The van der Waals surface area contributed by atoms with E-state index in [1.54, 1.807) is 12.1 Å². The number of thiazole rings is 1. The molecule has 20 heavy (non-hydrogen) atoms. The molecule has 0 radical (unpaired) electrons. The molecule has 0 unspecified atom stereocenters. The van der Waals surface area contributed by atoms with Crippen LogP contribution < -0.4 is 5.32 Å². The zero-order chi connectivity index (χ0) is 15.1. The maximum absolute atomic E-state index is 12.7. The van der Waals surface area contributed by atoms with Crippen LogP contribution >= 0.6 is 11.3 Å². The van der Waals surface area contributed by atoms with Crippen molar-refractivity contribution in [2.24, 2.45) is 0 Å². The molecule has 1 amide bonds. The minimum Gasteiger partial charge on any atom is -0.347 e. The number of hydrogen-bond donors (Lipinski definition) is 1. The van der Waals surface area contributed by atoms with Crippen molar-refractivity contribution in [2.75, 3.05) is 0 Å². The number of amides is 1. The third-order valence-electron chi connectivity index (χ3n) is 2.48. The van der Waals surface area contributed by atoms with Gasteiger partial charge in [0.15, 0.2) is 0 Å². The Hall–Kier alpha value is -1.75. The molecule has 1 N–H and O–H groups in total. The molecule has 0 aliphatic rings. The van der Waals surface area contributed by atoms with E-state index in [0.29, 0.717) is 11.4 Å². The summed E-state index contributed by atoms with van der Waals surface area (Å²) in [5.41, 5.74) is 1.61. The zero-order valence-corrected chi connectivity index (χ0v) is 13.0. The summed E-state index contributed by atoms with van der Waals surface area (Å²) in [4.78, 5) is 16.7. The van der Waals surface area contributed by atoms with Crippen molar-refractivity contribution in [3.63, 3.8) is 0 Å². The molecule has 0 saturated heterocycles. The standard InChI is InChI=1S/C13H13FN2OS.C2H6/c1-8-12(18-9(2)16-8)13(17)15-7-10-3-5-11(14)6-4-10;1-2/h3-6H,7H2,1-2H3,(H,15,17);1-2H3. The maximum atomic E-state index is 12.7. The lowest BCUT2D eigenvalue weighted by Crippen LogP contribution is -2.22. The van der Waals surface area contributed by atoms with Crippen molar-refractivity contribution in [3.8, 4) is 0 Å². The predicted molar refractivity (Wildman–Crippen MR) is 80.5 cm³/mol. The van der Waals surface area contributed by atoms with Crippen LogP contribution in [0.25, 0.3) is 0 Å². The zero-order valence-electron chi connectivity index (χ0n) is 12.2. The van der Waals surface area contributed by atoms with E-state index in [2.05, 4.69) is 10.3 Å². The lowest BCUT2D eigenvalue weighted by molar-refractivity contribution is 0.0954. The van der Waals surface area contributed by atoms with Gasteiger partial charge in [-0.1, -0.05) is 26.0 Å². The number of rotatable bonds is 3. The van der Waals surface area contributed by atoms with Gasteiger partial charge in [0.25, 0.3) is 5.91 Å². The first-order valence-electron chi connectivity index (χ1n) is 6.53. The van der Waals surface area contributed by atoms with Crippen LogP contribution in [-0.4, -0.2) is 10.9 Å². The second kappa shape index (κ2) is 7.75. The Morgan fingerprint density at radius 3 is 2.35 bits per heavy atom. The molecular formula is C15H19FN2OS. The van der Waals surface area contributed by atoms with E-state index in [0.717, 1.165) is 16.3 Å². The van der Waals surface area contributed by atoms with Crippen molar-refractivity contribution in [3.05, 3.63) is 51.2 Å². The summed E-state index contributed by atoms with van der Waals surface area (Å²) < 4.78 is 12.7. The molecule has 0 bridgehead atoms. The number of carbonyl (C=O) groups is 1. The number of nitrogens with zero attached hydrogens (tertiary/aromatic N) is 1. The maximum Gasteiger partial charge on any atom is 0.263 e. The van der Waals surface area contributed by atoms with E-state index >= 15 is 0 Å². The summed E-state index contributed by atoms with van der Waals surface area (Å²) in [7, 11) is 0. The average Bonchev–Trinajstić information content (AvgIpc) is 2.79. The van der Waals surface area contributed by atoms with Crippen LogP contribution in [0.15, 0.2) is 24.3 Å². The van der Waals surface area contributed by atoms with Crippen LogP contribution in [0.3, 0.4) is 0 Å². The number of hydrogen-bond acceptors (Lipinski definition) is 3. The van der Waals surface area contributed by atoms with E-state index < -0.39 is 0 Å². The molecule has 0 aliphatic carbocycles. The quantitative estimate of drug-likeness (QED) is 0.934. The van der Waals surface area contributed by atoms with Gasteiger partial charge in [0.1, 0.15) is 10.7 Å². The van der Waals surface area contributed by atoms with Gasteiger partial charge in [0.05, 0.1) is 10.7 Å². The Labute approximate surface area is 122 Å². The third kappa shape index (κ3) is 4.42. The van der Waals surface area contributed by atoms with Gasteiger partial charge in [0.2, 0.25) is 0 Å². The summed E-state index contributed by atoms with van der Waals surface area (Å²) >= 11 is 1.38. The topological polar surface area (TPSA) is 42.0 Å². The second-order valence-corrected chi connectivity index (χ2v) is 5.16. The van der Waals surface area contributed by atoms with Crippen LogP contribution in [0.4, 0.5) is 4.39 Å². The Morgan fingerprint density at radius 2 is 1.85 bits per heavy atom. The Bertz CT molecular complexity index is 564. The number of nitrogens with one attached hydrogen (secondary N) is 1. The number of aryl methyl sites for hydroxylation is 2. The lowest BCUT2D eigenvalue weighted by atomic mass is 10.2. The van der Waals surface area contributed by atoms with Crippen molar-refractivity contribution in [1.29, 1.82) is 0 Å². The highest BCUT2D eigenvalue weighted by molar-refractivity contribution is 7.13. The van der Waals surface area contributed by atoms with Crippen LogP contribution in [0, 0.1) is 19.7 Å². The SMILES string of the molecule is CC.Cc1nc(C)c(C(=O)NCc2ccc(F)cc2)s1. The lowest BCUT2D eigenvalue weighted by Gasteiger charge is -2.04. The van der Waals surface area contributed by atoms with Crippen molar-refractivity contribution in [2.45, 2.75) is 34.2 Å². The molecule has 1 aromatic carbocycles. The van der Waals surface area contributed by atoms with Gasteiger partial charge >= 0.3 is 0 Å². The largest absolute Gasteiger partial charge is 0.347 e. The van der Waals surface area contributed by atoms with Gasteiger partial charge < -0.3 is 5.32 Å². The van der Waals surface area contributed by atoms with E-state index in [1.807, 2.05) is 27.7 Å². The summed E-state index contributed by atoms with van der Waals surface area (Å²) in [6, 6.07) is 6.06. The molecule has 0 fully saturated rings. The first-order valence-corrected chi connectivity index (χ1v) is 7.34. The molecule has 0 aliphatic heterocycles. The van der Waals surface area contributed by atoms with Crippen LogP contribution in [0.2, 0.25) is 0 Å². The Kier molecular flexibility index (Phi) is 6.31. The molecule has 3 nitrogen and oxygen atoms in total. The molecule has 1 heterocycles. The normalized spacial score (nSPS) is 9.65. The number of halogens is 1. The molecule has 0 atom stereocenters. The molecule has 2 aromatic rings. The van der Waals surface area contributed by atoms with Crippen molar-refractivity contribution in [1.82, 2.24) is 10.3 Å². The van der Waals surface area contributed by atoms with Gasteiger partial charge in [-0.25, -0.2) is 9.37 Å². The molecule has 108 valence electrons. The van der Waals surface area contributed by atoms with E-state index in [4.69, 9.17) is 0 Å². The predicted octanol–water partition coefficient (Wildman–Crippen LogP) is 3.86. The molecular weight excluding hydrogens is 275 g/mol. The highest BCUT2D eigenvalue weighted by Crippen LogP contribution is 2.16. The monoisotopic (exact) mass is 294 g/mol. The molecule has 2 rings (SSSR count). The number of carbonyl (C=O) groups excluding carboxylic acids is 1. The van der Waals surface area contributed by atoms with Crippen LogP contribution in [-0.2, 0) is 6.54 Å². The minimum atomic E-state index is -0.279. The molecule has 1 aromatic heterocycles. The summed E-state index contributed by atoms with van der Waals surface area (Å²) in [5, 5.41) is 3.67. The van der Waals surface area contributed by atoms with Gasteiger partial charge in [-0.05, 0) is 31.5 Å². The fraction of sp³-hybridized carbons (Fsp3) is 0.333. The molecule has 5 heteroatoms. The van der Waals surface area contributed by atoms with Crippen LogP contribution in [0.1, 0.15) is 39.8 Å². The fourth-order valence-corrected chi connectivity index (χ4v) is 2.44. The number of benzene rings is 1. The summed E-state index contributed by atoms with van der Waals surface area (Å²) in [5.74, 6) is -0.415.